The number of nitrogens with zero attached hydrogens (tertiary/aromatic N) is 1. The average Bonchev–Trinajstić information content (AvgIpc) is 2.49. The Balaban J connectivity index is 2.39. The quantitative estimate of drug-likeness (QED) is 0.853. The first kappa shape index (κ1) is 16.4. The molecule has 0 aliphatic carbocycles. The van der Waals surface area contributed by atoms with Crippen LogP contribution in [-0.4, -0.2) is 22.7 Å². The summed E-state index contributed by atoms with van der Waals surface area (Å²) in [6, 6.07) is 7.41. The normalized spacial score (nSPS) is 14.6. The lowest BCUT2D eigenvalue weighted by molar-refractivity contribution is -0.141. The molecule has 3 nitrogen and oxygen atoms in total. The van der Waals surface area contributed by atoms with Gasteiger partial charge in [-0.1, -0.05) is 18.2 Å². The van der Waals surface area contributed by atoms with Crippen LogP contribution in [0.1, 0.15) is 22.7 Å². The lowest BCUT2D eigenvalue weighted by Crippen LogP contribution is -2.28. The predicted molar refractivity (Wildman–Crippen MR) is 72.5 cm³/mol. The Labute approximate surface area is 124 Å². The number of aromatic nitrogens is 1. The minimum Gasteiger partial charge on any atom is -0.391 e. The number of nitrogens with two attached hydrogens (primary N) is 1. The average molecular weight is 314 g/mol. The van der Waals surface area contributed by atoms with Gasteiger partial charge in [-0.25, -0.2) is 4.39 Å². The van der Waals surface area contributed by atoms with Crippen LogP contribution in [0.25, 0.3) is 0 Å². The molecule has 3 N–H and O–H groups in total. The molecule has 1 heterocycles. The Kier molecular flexibility index (Phi) is 4.77. The third-order valence-corrected chi connectivity index (χ3v) is 3.29. The van der Waals surface area contributed by atoms with Crippen molar-refractivity contribution in [2.45, 2.75) is 18.2 Å². The van der Waals surface area contributed by atoms with Crippen LogP contribution < -0.4 is 5.73 Å². The highest BCUT2D eigenvalue weighted by Crippen LogP contribution is 2.31. The summed E-state index contributed by atoms with van der Waals surface area (Å²) in [6.45, 7) is -0.0942. The molecule has 2 aromatic rings. The van der Waals surface area contributed by atoms with Crippen molar-refractivity contribution in [1.82, 2.24) is 4.98 Å². The van der Waals surface area contributed by atoms with E-state index in [-0.39, 0.29) is 6.54 Å². The van der Waals surface area contributed by atoms with E-state index in [0.717, 1.165) is 12.3 Å². The van der Waals surface area contributed by atoms with E-state index in [4.69, 9.17) is 5.73 Å². The Morgan fingerprint density at radius 3 is 2.09 bits per heavy atom. The molecule has 0 aliphatic rings. The molecule has 118 valence electrons. The molecule has 1 aromatic carbocycles. The van der Waals surface area contributed by atoms with Gasteiger partial charge in [0.15, 0.2) is 0 Å². The van der Waals surface area contributed by atoms with Crippen molar-refractivity contribution >= 4 is 0 Å². The number of aliphatic hydroxyl groups is 1. The topological polar surface area (TPSA) is 59.1 Å². The molecule has 0 fully saturated rings. The highest BCUT2D eigenvalue weighted by molar-refractivity contribution is 5.33. The van der Waals surface area contributed by atoms with Crippen LogP contribution in [-0.2, 0) is 6.18 Å². The summed E-state index contributed by atoms with van der Waals surface area (Å²) >= 11 is 0. The molecule has 7 heteroatoms. The first-order valence-electron chi connectivity index (χ1n) is 6.49. The number of benzene rings is 1. The minimum atomic E-state index is -4.53. The van der Waals surface area contributed by atoms with E-state index in [1.807, 2.05) is 0 Å². The number of halogens is 4. The third-order valence-electron chi connectivity index (χ3n) is 3.29. The molecule has 2 atom stereocenters. The molecule has 0 saturated heterocycles. The van der Waals surface area contributed by atoms with Crippen LogP contribution in [0.2, 0.25) is 0 Å². The summed E-state index contributed by atoms with van der Waals surface area (Å²) in [4.78, 5) is 3.38. The number of pyridine rings is 1. The lowest BCUT2D eigenvalue weighted by Gasteiger charge is -2.23. The second kappa shape index (κ2) is 6.41. The van der Waals surface area contributed by atoms with Gasteiger partial charge < -0.3 is 10.8 Å². The maximum Gasteiger partial charge on any atom is 0.433 e. The summed E-state index contributed by atoms with van der Waals surface area (Å²) in [5.74, 6) is -1.13. The maximum atomic E-state index is 13.0. The highest BCUT2D eigenvalue weighted by atomic mass is 19.4. The zero-order chi connectivity index (χ0) is 16.3. The minimum absolute atomic E-state index is 0.0942. The zero-order valence-corrected chi connectivity index (χ0v) is 11.4. The van der Waals surface area contributed by atoms with Gasteiger partial charge in [0.1, 0.15) is 11.5 Å². The van der Waals surface area contributed by atoms with E-state index in [9.17, 15) is 22.7 Å². The smallest absolute Gasteiger partial charge is 0.391 e. The molecule has 0 radical (unpaired) electrons. The summed E-state index contributed by atoms with van der Waals surface area (Å²) in [5.41, 5.74) is 5.35. The SMILES string of the molecule is NCC(O)C(c1ccc(F)cc1)c1ccc(C(F)(F)F)nc1. The van der Waals surface area contributed by atoms with Crippen molar-refractivity contribution < 1.29 is 22.7 Å². The molecule has 2 rings (SSSR count). The summed E-state index contributed by atoms with van der Waals surface area (Å²) in [6.07, 6.45) is -4.50. The van der Waals surface area contributed by atoms with Gasteiger partial charge in [-0.2, -0.15) is 13.2 Å². The first-order chi connectivity index (χ1) is 10.3. The van der Waals surface area contributed by atoms with Crippen LogP contribution in [0.15, 0.2) is 42.6 Å². The van der Waals surface area contributed by atoms with E-state index in [2.05, 4.69) is 4.98 Å². The zero-order valence-electron chi connectivity index (χ0n) is 11.4. The Hall–Kier alpha value is -1.99. The molecular weight excluding hydrogens is 300 g/mol. The Morgan fingerprint density at radius 2 is 1.64 bits per heavy atom. The molecule has 0 saturated carbocycles. The van der Waals surface area contributed by atoms with E-state index < -0.39 is 29.7 Å². The fraction of sp³-hybridized carbons (Fsp3) is 0.267. The molecule has 0 spiro atoms. The molecule has 0 bridgehead atoms. The van der Waals surface area contributed by atoms with Gasteiger partial charge in [0, 0.05) is 18.7 Å². The van der Waals surface area contributed by atoms with Crippen LogP contribution in [0.5, 0.6) is 0 Å². The van der Waals surface area contributed by atoms with E-state index >= 15 is 0 Å². The highest BCUT2D eigenvalue weighted by Gasteiger charge is 2.32. The van der Waals surface area contributed by atoms with Gasteiger partial charge in [0.05, 0.1) is 6.10 Å². The fourth-order valence-corrected chi connectivity index (χ4v) is 2.20. The third kappa shape index (κ3) is 3.61. The second-order valence-corrected chi connectivity index (χ2v) is 4.81. The van der Waals surface area contributed by atoms with Crippen molar-refractivity contribution in [2.75, 3.05) is 6.54 Å². The number of alkyl halides is 3. The molecular formula is C15H14F4N2O. The van der Waals surface area contributed by atoms with Gasteiger partial charge in [-0.05, 0) is 29.3 Å². The summed E-state index contributed by atoms with van der Waals surface area (Å²) < 4.78 is 50.6. The van der Waals surface area contributed by atoms with Gasteiger partial charge in [0.25, 0.3) is 0 Å². The molecule has 22 heavy (non-hydrogen) atoms. The monoisotopic (exact) mass is 314 g/mol. The van der Waals surface area contributed by atoms with Gasteiger partial charge in [0.2, 0.25) is 0 Å². The number of hydrogen-bond acceptors (Lipinski definition) is 3. The van der Waals surface area contributed by atoms with Crippen molar-refractivity contribution in [1.29, 1.82) is 0 Å². The van der Waals surface area contributed by atoms with E-state index in [0.29, 0.717) is 11.1 Å². The van der Waals surface area contributed by atoms with Crippen LogP contribution in [0.3, 0.4) is 0 Å². The second-order valence-electron chi connectivity index (χ2n) is 4.81. The predicted octanol–water partition coefficient (Wildman–Crippen LogP) is 2.69. The molecule has 0 aliphatic heterocycles. The lowest BCUT2D eigenvalue weighted by atomic mass is 9.87. The molecule has 0 amide bonds. The first-order valence-corrected chi connectivity index (χ1v) is 6.49. The number of rotatable bonds is 4. The molecule has 2 unspecified atom stereocenters. The van der Waals surface area contributed by atoms with Gasteiger partial charge in [-0.15, -0.1) is 0 Å². The van der Waals surface area contributed by atoms with Crippen molar-refractivity contribution in [2.24, 2.45) is 5.73 Å². The molecule has 1 aromatic heterocycles. The van der Waals surface area contributed by atoms with E-state index in [1.54, 1.807) is 0 Å². The van der Waals surface area contributed by atoms with Gasteiger partial charge >= 0.3 is 6.18 Å². The van der Waals surface area contributed by atoms with Crippen LogP contribution in [0.4, 0.5) is 17.6 Å². The van der Waals surface area contributed by atoms with E-state index in [1.165, 1.54) is 30.3 Å². The Bertz CT molecular complexity index is 611. The van der Waals surface area contributed by atoms with Crippen molar-refractivity contribution in [3.63, 3.8) is 0 Å². The van der Waals surface area contributed by atoms with Crippen molar-refractivity contribution in [3.05, 3.63) is 65.2 Å². The Morgan fingerprint density at radius 1 is 1.05 bits per heavy atom. The van der Waals surface area contributed by atoms with Crippen molar-refractivity contribution in [3.8, 4) is 0 Å². The number of hydrogen-bond donors (Lipinski definition) is 2. The van der Waals surface area contributed by atoms with Crippen LogP contribution >= 0.6 is 0 Å². The van der Waals surface area contributed by atoms with Crippen LogP contribution in [0, 0.1) is 5.82 Å². The number of aliphatic hydroxyl groups excluding tert-OH is 1. The standard InChI is InChI=1S/C15H14F4N2O/c16-11-4-1-9(2-5-11)14(12(22)7-20)10-3-6-13(21-8-10)15(17,18)19/h1-6,8,12,14,22H,7,20H2. The maximum absolute atomic E-state index is 13.0. The van der Waals surface area contributed by atoms with Gasteiger partial charge in [-0.3, -0.25) is 4.98 Å². The summed E-state index contributed by atoms with van der Waals surface area (Å²) in [7, 11) is 0. The summed E-state index contributed by atoms with van der Waals surface area (Å²) in [5, 5.41) is 10.1. The fourth-order valence-electron chi connectivity index (χ4n) is 2.20. The largest absolute Gasteiger partial charge is 0.433 e.